The van der Waals surface area contributed by atoms with Gasteiger partial charge in [-0.2, -0.15) is 0 Å². The van der Waals surface area contributed by atoms with E-state index in [1.54, 1.807) is 0 Å². The normalized spacial score (nSPS) is 11.5. The van der Waals surface area contributed by atoms with Crippen LogP contribution in [-0.2, 0) is 6.42 Å². The highest BCUT2D eigenvalue weighted by atomic mass is 16.1. The van der Waals surface area contributed by atoms with Gasteiger partial charge in [0.15, 0.2) is 0 Å². The lowest BCUT2D eigenvalue weighted by atomic mass is 10.0. The van der Waals surface area contributed by atoms with Crippen LogP contribution in [0, 0.1) is 5.92 Å². The lowest BCUT2D eigenvalue weighted by Crippen LogP contribution is -2.02. The average molecular weight is 182 g/mol. The van der Waals surface area contributed by atoms with Gasteiger partial charge < -0.3 is 9.97 Å². The Balaban J connectivity index is 2.97. The SMILES string of the molecule is CC(C)Cc1[nH]c(=O)[nH]c1C(C)C. The van der Waals surface area contributed by atoms with Gasteiger partial charge in [0.25, 0.3) is 0 Å². The minimum atomic E-state index is -0.0839. The topological polar surface area (TPSA) is 48.6 Å². The van der Waals surface area contributed by atoms with E-state index in [1.165, 1.54) is 0 Å². The lowest BCUT2D eigenvalue weighted by molar-refractivity contribution is 0.627. The summed E-state index contributed by atoms with van der Waals surface area (Å²) in [5, 5.41) is 0. The van der Waals surface area contributed by atoms with Gasteiger partial charge in [-0.25, -0.2) is 4.79 Å². The van der Waals surface area contributed by atoms with Gasteiger partial charge in [-0.15, -0.1) is 0 Å². The van der Waals surface area contributed by atoms with Crippen LogP contribution in [0.15, 0.2) is 4.79 Å². The molecular formula is C10H18N2O. The van der Waals surface area contributed by atoms with Gasteiger partial charge in [-0.05, 0) is 18.3 Å². The van der Waals surface area contributed by atoms with Gasteiger partial charge in [0, 0.05) is 11.4 Å². The summed E-state index contributed by atoms with van der Waals surface area (Å²) in [6, 6.07) is 0. The highest BCUT2D eigenvalue weighted by Crippen LogP contribution is 2.16. The van der Waals surface area contributed by atoms with Gasteiger partial charge in [0.2, 0.25) is 0 Å². The fourth-order valence-electron chi connectivity index (χ4n) is 1.50. The van der Waals surface area contributed by atoms with Crippen LogP contribution < -0.4 is 5.69 Å². The van der Waals surface area contributed by atoms with Gasteiger partial charge in [0.05, 0.1) is 0 Å². The Morgan fingerprint density at radius 3 is 2.23 bits per heavy atom. The number of H-pyrrole nitrogens is 2. The fraction of sp³-hybridized carbons (Fsp3) is 0.700. The molecule has 13 heavy (non-hydrogen) atoms. The minimum absolute atomic E-state index is 0.0839. The van der Waals surface area contributed by atoms with Crippen molar-refractivity contribution in [2.24, 2.45) is 5.92 Å². The number of imidazole rings is 1. The van der Waals surface area contributed by atoms with Gasteiger partial charge in [-0.3, -0.25) is 0 Å². The Morgan fingerprint density at radius 1 is 1.15 bits per heavy atom. The molecule has 1 aromatic rings. The molecule has 0 saturated carbocycles. The second kappa shape index (κ2) is 3.81. The monoisotopic (exact) mass is 182 g/mol. The van der Waals surface area contributed by atoms with Crippen molar-refractivity contribution in [1.82, 2.24) is 9.97 Å². The number of aromatic nitrogens is 2. The van der Waals surface area contributed by atoms with Crippen molar-refractivity contribution in [3.05, 3.63) is 21.9 Å². The van der Waals surface area contributed by atoms with Crippen LogP contribution in [0.2, 0.25) is 0 Å². The number of aromatic amines is 2. The Morgan fingerprint density at radius 2 is 1.77 bits per heavy atom. The van der Waals surface area contributed by atoms with Crippen molar-refractivity contribution in [2.45, 2.75) is 40.0 Å². The van der Waals surface area contributed by atoms with Crippen molar-refractivity contribution >= 4 is 0 Å². The second-order valence-corrected chi connectivity index (χ2v) is 4.22. The van der Waals surface area contributed by atoms with E-state index in [0.717, 1.165) is 17.8 Å². The molecule has 3 heteroatoms. The van der Waals surface area contributed by atoms with E-state index in [-0.39, 0.29) is 5.69 Å². The predicted octanol–water partition coefficient (Wildman–Crippen LogP) is 2.02. The van der Waals surface area contributed by atoms with Crippen molar-refractivity contribution in [2.75, 3.05) is 0 Å². The summed E-state index contributed by atoms with van der Waals surface area (Å²) in [7, 11) is 0. The van der Waals surface area contributed by atoms with Crippen molar-refractivity contribution in [3.63, 3.8) is 0 Å². The predicted molar refractivity (Wildman–Crippen MR) is 54.0 cm³/mol. The molecule has 0 amide bonds. The summed E-state index contributed by atoms with van der Waals surface area (Å²) in [5.41, 5.74) is 2.04. The quantitative estimate of drug-likeness (QED) is 0.738. The molecule has 0 aliphatic heterocycles. The van der Waals surface area contributed by atoms with Crippen molar-refractivity contribution in [1.29, 1.82) is 0 Å². The van der Waals surface area contributed by atoms with E-state index in [2.05, 4.69) is 37.7 Å². The molecule has 3 nitrogen and oxygen atoms in total. The van der Waals surface area contributed by atoms with E-state index in [4.69, 9.17) is 0 Å². The maximum absolute atomic E-state index is 11.1. The number of hydrogen-bond acceptors (Lipinski definition) is 1. The molecule has 0 unspecified atom stereocenters. The largest absolute Gasteiger partial charge is 0.323 e. The van der Waals surface area contributed by atoms with E-state index >= 15 is 0 Å². The molecule has 1 heterocycles. The fourth-order valence-corrected chi connectivity index (χ4v) is 1.50. The third kappa shape index (κ3) is 2.47. The first-order valence-corrected chi connectivity index (χ1v) is 4.81. The van der Waals surface area contributed by atoms with Gasteiger partial charge in [0.1, 0.15) is 0 Å². The van der Waals surface area contributed by atoms with Crippen LogP contribution in [0.3, 0.4) is 0 Å². The Hall–Kier alpha value is -0.990. The van der Waals surface area contributed by atoms with Crippen LogP contribution in [0.1, 0.15) is 45.0 Å². The Bertz CT molecular complexity index is 320. The van der Waals surface area contributed by atoms with Crippen LogP contribution in [0.25, 0.3) is 0 Å². The molecule has 1 rings (SSSR count). The molecular weight excluding hydrogens is 164 g/mol. The van der Waals surface area contributed by atoms with Gasteiger partial charge >= 0.3 is 5.69 Å². The van der Waals surface area contributed by atoms with Crippen LogP contribution in [0.5, 0.6) is 0 Å². The molecule has 0 atom stereocenters. The zero-order valence-electron chi connectivity index (χ0n) is 8.77. The van der Waals surface area contributed by atoms with E-state index in [9.17, 15) is 4.79 Å². The summed E-state index contributed by atoms with van der Waals surface area (Å²) < 4.78 is 0. The average Bonchev–Trinajstić information content (AvgIpc) is 2.29. The van der Waals surface area contributed by atoms with Crippen molar-refractivity contribution < 1.29 is 0 Å². The summed E-state index contributed by atoms with van der Waals surface area (Å²) in [6.45, 7) is 8.47. The smallest absolute Gasteiger partial charge is 0.310 e. The molecule has 1 aromatic heterocycles. The molecule has 2 N–H and O–H groups in total. The molecule has 0 saturated heterocycles. The molecule has 0 fully saturated rings. The van der Waals surface area contributed by atoms with E-state index in [0.29, 0.717) is 11.8 Å². The first-order chi connectivity index (χ1) is 6.00. The first kappa shape index (κ1) is 10.1. The molecule has 0 aliphatic carbocycles. The van der Waals surface area contributed by atoms with E-state index in [1.807, 2.05) is 0 Å². The number of hydrogen-bond donors (Lipinski definition) is 2. The Kier molecular flexibility index (Phi) is 2.96. The van der Waals surface area contributed by atoms with E-state index < -0.39 is 0 Å². The minimum Gasteiger partial charge on any atom is -0.310 e. The van der Waals surface area contributed by atoms with Crippen LogP contribution in [0.4, 0.5) is 0 Å². The highest BCUT2D eigenvalue weighted by Gasteiger charge is 2.11. The molecule has 0 bridgehead atoms. The number of nitrogens with one attached hydrogen (secondary N) is 2. The maximum atomic E-state index is 11.1. The van der Waals surface area contributed by atoms with Crippen LogP contribution >= 0.6 is 0 Å². The zero-order valence-corrected chi connectivity index (χ0v) is 8.77. The second-order valence-electron chi connectivity index (χ2n) is 4.22. The summed E-state index contributed by atoms with van der Waals surface area (Å²) in [4.78, 5) is 16.8. The zero-order chi connectivity index (χ0) is 10.0. The van der Waals surface area contributed by atoms with Crippen LogP contribution in [-0.4, -0.2) is 9.97 Å². The summed E-state index contributed by atoms with van der Waals surface area (Å²) in [6.07, 6.45) is 0.937. The number of rotatable bonds is 3. The Labute approximate surface area is 78.6 Å². The molecule has 0 radical (unpaired) electrons. The molecule has 0 aliphatic rings. The maximum Gasteiger partial charge on any atom is 0.323 e. The third-order valence-electron chi connectivity index (χ3n) is 2.03. The molecule has 0 spiro atoms. The molecule has 74 valence electrons. The van der Waals surface area contributed by atoms with Gasteiger partial charge in [-0.1, -0.05) is 27.7 Å². The summed E-state index contributed by atoms with van der Waals surface area (Å²) in [5.74, 6) is 0.955. The van der Waals surface area contributed by atoms with Crippen molar-refractivity contribution in [3.8, 4) is 0 Å². The standard InChI is InChI=1S/C10H18N2O/c1-6(2)5-8-9(7(3)4)12-10(13)11-8/h6-7H,5H2,1-4H3,(H2,11,12,13). The highest BCUT2D eigenvalue weighted by molar-refractivity contribution is 5.15. The third-order valence-corrected chi connectivity index (χ3v) is 2.03. The molecule has 0 aromatic carbocycles. The summed E-state index contributed by atoms with van der Waals surface area (Å²) >= 11 is 0. The first-order valence-electron chi connectivity index (χ1n) is 4.81. The lowest BCUT2D eigenvalue weighted by Gasteiger charge is -2.07.